The molecular weight excluding hydrogens is 449 g/mol. The van der Waals surface area contributed by atoms with Crippen LogP contribution in [-0.2, 0) is 31.2 Å². The maximum absolute atomic E-state index is 14.0. The quantitative estimate of drug-likeness (QED) is 0.383. The summed E-state index contributed by atoms with van der Waals surface area (Å²) in [6.45, 7) is 1.45. The van der Waals surface area contributed by atoms with Crippen molar-refractivity contribution in [3.63, 3.8) is 0 Å². The fraction of sp³-hybridized carbons (Fsp3) is 0.263. The summed E-state index contributed by atoms with van der Waals surface area (Å²) in [4.78, 5) is 49.7. The van der Waals surface area contributed by atoms with Crippen LogP contribution in [0.2, 0.25) is 0 Å². The second-order valence-electron chi connectivity index (χ2n) is 6.32. The smallest absolute Gasteiger partial charge is 0.342 e. The number of carbonyl (C=O) groups is 4. The Bertz CT molecular complexity index is 1010. The van der Waals surface area contributed by atoms with Crippen molar-refractivity contribution in [2.75, 3.05) is 6.61 Å². The van der Waals surface area contributed by atoms with Crippen LogP contribution in [0, 0.1) is 5.82 Å². The molecule has 0 aliphatic carbocycles. The Morgan fingerprint density at radius 2 is 2.10 bits per heavy atom. The predicted octanol–water partition coefficient (Wildman–Crippen LogP) is 1.62. The van der Waals surface area contributed by atoms with E-state index in [1.807, 2.05) is 0 Å². The van der Waals surface area contributed by atoms with Gasteiger partial charge < -0.3 is 14.6 Å². The third kappa shape index (κ3) is 3.80. The number of rotatable bonds is 6. The summed E-state index contributed by atoms with van der Waals surface area (Å²) in [6.07, 6.45) is 0.866. The van der Waals surface area contributed by atoms with Crippen LogP contribution in [0.5, 0.6) is 0 Å². The standard InChI is InChI=1S/C19H17BrFN3O5/c1-2-29-18(28)19(9-15(25)23-17(19)27)24-7-3-4-14(24)16(26)22-10-11-5-6-12(20)8-13(11)21/h3-8H,2,9-10H2,1H3,(H,22,26)(H,23,25,27). The fourth-order valence-electron chi connectivity index (χ4n) is 3.13. The molecule has 3 amide bonds. The lowest BCUT2D eigenvalue weighted by molar-refractivity contribution is -0.157. The van der Waals surface area contributed by atoms with Gasteiger partial charge in [0.1, 0.15) is 11.5 Å². The lowest BCUT2D eigenvalue weighted by Crippen LogP contribution is -2.50. The summed E-state index contributed by atoms with van der Waals surface area (Å²) < 4.78 is 20.7. The highest BCUT2D eigenvalue weighted by atomic mass is 79.9. The first-order valence-electron chi connectivity index (χ1n) is 8.71. The molecule has 10 heteroatoms. The molecule has 2 heterocycles. The van der Waals surface area contributed by atoms with Crippen molar-refractivity contribution in [1.82, 2.24) is 15.2 Å². The largest absolute Gasteiger partial charge is 0.464 e. The Morgan fingerprint density at radius 3 is 2.72 bits per heavy atom. The molecule has 1 atom stereocenters. The van der Waals surface area contributed by atoms with Crippen molar-refractivity contribution >= 4 is 39.6 Å². The van der Waals surface area contributed by atoms with Crippen molar-refractivity contribution in [2.45, 2.75) is 25.4 Å². The summed E-state index contributed by atoms with van der Waals surface area (Å²) in [5, 5.41) is 4.64. The molecule has 0 spiro atoms. The van der Waals surface area contributed by atoms with Crippen LogP contribution in [0.3, 0.4) is 0 Å². The molecule has 1 aliphatic heterocycles. The molecular formula is C19H17BrFN3O5. The number of imide groups is 1. The van der Waals surface area contributed by atoms with Crippen LogP contribution in [0.15, 0.2) is 41.0 Å². The van der Waals surface area contributed by atoms with Crippen molar-refractivity contribution in [3.8, 4) is 0 Å². The van der Waals surface area contributed by atoms with Crippen LogP contribution in [0.4, 0.5) is 4.39 Å². The van der Waals surface area contributed by atoms with Gasteiger partial charge in [0.05, 0.1) is 13.0 Å². The van der Waals surface area contributed by atoms with Gasteiger partial charge in [0, 0.05) is 22.8 Å². The molecule has 2 aromatic rings. The molecule has 1 aliphatic rings. The highest BCUT2D eigenvalue weighted by Crippen LogP contribution is 2.30. The lowest BCUT2D eigenvalue weighted by Gasteiger charge is -2.26. The number of amides is 3. The SMILES string of the molecule is CCOC(=O)C1(n2cccc2C(=O)NCc2ccc(Br)cc2F)CC(=O)NC1=O. The Hall–Kier alpha value is -3.01. The molecule has 1 fully saturated rings. The Labute approximate surface area is 173 Å². The number of esters is 1. The minimum Gasteiger partial charge on any atom is -0.464 e. The van der Waals surface area contributed by atoms with Gasteiger partial charge in [-0.3, -0.25) is 19.7 Å². The first kappa shape index (κ1) is 20.7. The average Bonchev–Trinajstić information content (AvgIpc) is 3.25. The van der Waals surface area contributed by atoms with Gasteiger partial charge in [0.15, 0.2) is 0 Å². The molecule has 1 saturated heterocycles. The number of benzene rings is 1. The summed E-state index contributed by atoms with van der Waals surface area (Å²) in [5.41, 5.74) is -1.79. The number of nitrogens with zero attached hydrogens (tertiary/aromatic N) is 1. The maximum Gasteiger partial charge on any atom is 0.342 e. The summed E-state index contributed by atoms with van der Waals surface area (Å²) >= 11 is 3.16. The molecule has 0 bridgehead atoms. The normalized spacial score (nSPS) is 18.4. The second kappa shape index (κ2) is 8.16. The number of ether oxygens (including phenoxy) is 1. The van der Waals surface area contributed by atoms with Crippen LogP contribution in [0.25, 0.3) is 0 Å². The Morgan fingerprint density at radius 1 is 1.34 bits per heavy atom. The lowest BCUT2D eigenvalue weighted by atomic mass is 9.96. The van der Waals surface area contributed by atoms with Crippen LogP contribution < -0.4 is 10.6 Å². The minimum absolute atomic E-state index is 0.00625. The van der Waals surface area contributed by atoms with Crippen molar-refractivity contribution in [1.29, 1.82) is 0 Å². The number of hydrogen-bond acceptors (Lipinski definition) is 5. The predicted molar refractivity (Wildman–Crippen MR) is 102 cm³/mol. The first-order valence-corrected chi connectivity index (χ1v) is 9.50. The van der Waals surface area contributed by atoms with Crippen LogP contribution >= 0.6 is 15.9 Å². The molecule has 0 radical (unpaired) electrons. The zero-order chi connectivity index (χ0) is 21.2. The van der Waals surface area contributed by atoms with Gasteiger partial charge in [0.2, 0.25) is 11.4 Å². The third-order valence-electron chi connectivity index (χ3n) is 4.51. The topological polar surface area (TPSA) is 106 Å². The van der Waals surface area contributed by atoms with Gasteiger partial charge in [0.25, 0.3) is 11.8 Å². The number of carbonyl (C=O) groups excluding carboxylic acids is 4. The van der Waals surface area contributed by atoms with E-state index in [-0.39, 0.29) is 24.4 Å². The monoisotopic (exact) mass is 465 g/mol. The zero-order valence-electron chi connectivity index (χ0n) is 15.3. The van der Waals surface area contributed by atoms with Crippen molar-refractivity contribution in [3.05, 3.63) is 58.1 Å². The fourth-order valence-corrected chi connectivity index (χ4v) is 3.46. The zero-order valence-corrected chi connectivity index (χ0v) is 16.9. The molecule has 1 aromatic heterocycles. The van der Waals surface area contributed by atoms with E-state index in [0.29, 0.717) is 4.47 Å². The van der Waals surface area contributed by atoms with E-state index in [2.05, 4.69) is 26.6 Å². The second-order valence-corrected chi connectivity index (χ2v) is 7.23. The minimum atomic E-state index is -2.01. The Kier molecular flexibility index (Phi) is 5.83. The van der Waals surface area contributed by atoms with Gasteiger partial charge in [-0.1, -0.05) is 22.0 Å². The van der Waals surface area contributed by atoms with Gasteiger partial charge >= 0.3 is 5.97 Å². The molecule has 2 N–H and O–H groups in total. The average molecular weight is 466 g/mol. The van der Waals surface area contributed by atoms with E-state index in [0.717, 1.165) is 4.57 Å². The summed E-state index contributed by atoms with van der Waals surface area (Å²) in [6, 6.07) is 7.28. The molecule has 1 unspecified atom stereocenters. The molecule has 152 valence electrons. The van der Waals surface area contributed by atoms with Crippen LogP contribution in [-0.4, -0.2) is 34.9 Å². The Balaban J connectivity index is 1.90. The maximum atomic E-state index is 14.0. The first-order chi connectivity index (χ1) is 13.8. The van der Waals surface area contributed by atoms with E-state index in [1.54, 1.807) is 13.0 Å². The summed E-state index contributed by atoms with van der Waals surface area (Å²) in [7, 11) is 0. The summed E-state index contributed by atoms with van der Waals surface area (Å²) in [5.74, 6) is -3.61. The van der Waals surface area contributed by atoms with Gasteiger partial charge in [-0.25, -0.2) is 9.18 Å². The number of halogens is 2. The van der Waals surface area contributed by atoms with E-state index < -0.39 is 41.5 Å². The van der Waals surface area contributed by atoms with Crippen LogP contribution in [0.1, 0.15) is 29.4 Å². The number of nitrogens with one attached hydrogen (secondary N) is 2. The highest BCUT2D eigenvalue weighted by Gasteiger charge is 2.56. The third-order valence-corrected chi connectivity index (χ3v) is 5.00. The van der Waals surface area contributed by atoms with E-state index in [9.17, 15) is 23.6 Å². The van der Waals surface area contributed by atoms with Crippen molar-refractivity contribution in [2.24, 2.45) is 0 Å². The van der Waals surface area contributed by atoms with Gasteiger partial charge in [-0.2, -0.15) is 0 Å². The molecule has 0 saturated carbocycles. The number of aromatic nitrogens is 1. The molecule has 3 rings (SSSR count). The molecule has 8 nitrogen and oxygen atoms in total. The van der Waals surface area contributed by atoms with E-state index >= 15 is 0 Å². The van der Waals surface area contributed by atoms with E-state index in [4.69, 9.17) is 4.74 Å². The molecule has 29 heavy (non-hydrogen) atoms. The number of hydrogen-bond donors (Lipinski definition) is 2. The highest BCUT2D eigenvalue weighted by molar-refractivity contribution is 9.10. The van der Waals surface area contributed by atoms with Crippen molar-refractivity contribution < 1.29 is 28.3 Å². The van der Waals surface area contributed by atoms with Gasteiger partial charge in [-0.15, -0.1) is 0 Å². The van der Waals surface area contributed by atoms with Gasteiger partial charge in [-0.05, 0) is 31.2 Å². The van der Waals surface area contributed by atoms with E-state index in [1.165, 1.54) is 30.5 Å². The molecule has 1 aromatic carbocycles.